The van der Waals surface area contributed by atoms with Crippen LogP contribution in [0.3, 0.4) is 0 Å². The van der Waals surface area contributed by atoms with Crippen molar-refractivity contribution < 1.29 is 4.79 Å². The van der Waals surface area contributed by atoms with Crippen molar-refractivity contribution in [2.45, 2.75) is 19.9 Å². The highest BCUT2D eigenvalue weighted by molar-refractivity contribution is 5.94. The van der Waals surface area contributed by atoms with E-state index in [0.717, 1.165) is 0 Å². The van der Waals surface area contributed by atoms with Crippen LogP contribution in [0.15, 0.2) is 18.3 Å². The molecule has 0 aliphatic rings. The molecule has 0 unspecified atom stereocenters. The summed E-state index contributed by atoms with van der Waals surface area (Å²) >= 11 is 0. The van der Waals surface area contributed by atoms with Gasteiger partial charge in [-0.05, 0) is 42.6 Å². The lowest BCUT2D eigenvalue weighted by Crippen LogP contribution is -2.43. The Morgan fingerprint density at radius 1 is 1.40 bits per heavy atom. The van der Waals surface area contributed by atoms with Gasteiger partial charge in [0.15, 0.2) is 5.65 Å². The van der Waals surface area contributed by atoms with Gasteiger partial charge in [0.2, 0.25) is 0 Å². The zero-order valence-corrected chi connectivity index (χ0v) is 12.2. The minimum atomic E-state index is -0.116. The summed E-state index contributed by atoms with van der Waals surface area (Å²) in [4.78, 5) is 14.3. The van der Waals surface area contributed by atoms with E-state index in [4.69, 9.17) is 0 Å². The number of fused-ring (bicyclic) bond motifs is 1. The second-order valence-electron chi connectivity index (χ2n) is 5.38. The lowest BCUT2D eigenvalue weighted by molar-refractivity contribution is 0.0934. The lowest BCUT2D eigenvalue weighted by atomic mass is 10.0. The largest absolute Gasteiger partial charge is 0.350 e. The van der Waals surface area contributed by atoms with E-state index in [9.17, 15) is 4.79 Å². The molecule has 0 aliphatic heterocycles. The van der Waals surface area contributed by atoms with E-state index >= 15 is 0 Å². The molecule has 108 valence electrons. The predicted octanol–water partition coefficient (Wildman–Crippen LogP) is 0.440. The minimum absolute atomic E-state index is 0.116. The summed E-state index contributed by atoms with van der Waals surface area (Å²) in [7, 11) is 4.04. The third-order valence-electron chi connectivity index (χ3n) is 3.36. The first-order chi connectivity index (χ1) is 9.49. The molecule has 0 saturated heterocycles. The molecule has 0 radical (unpaired) electrons. The summed E-state index contributed by atoms with van der Waals surface area (Å²) in [6, 6.07) is 3.75. The fourth-order valence-corrected chi connectivity index (χ4v) is 2.19. The molecule has 0 spiro atoms. The van der Waals surface area contributed by atoms with Crippen LogP contribution in [0.2, 0.25) is 0 Å². The second-order valence-corrected chi connectivity index (χ2v) is 5.38. The molecule has 0 aromatic carbocycles. The van der Waals surface area contributed by atoms with Gasteiger partial charge in [-0.25, -0.2) is 0 Å². The molecule has 0 aliphatic carbocycles. The number of tetrazole rings is 1. The maximum atomic E-state index is 12.1. The SMILES string of the molecule is CC(C)[C@@H](CNC(=O)c1ccc2nnnn2c1)N(C)C. The molecule has 0 bridgehead atoms. The summed E-state index contributed by atoms with van der Waals surface area (Å²) in [6.07, 6.45) is 1.63. The maximum Gasteiger partial charge on any atom is 0.252 e. The van der Waals surface area contributed by atoms with Crippen LogP contribution in [0, 0.1) is 5.92 Å². The fraction of sp³-hybridized carbons (Fsp3) is 0.538. The number of carbonyl (C=O) groups is 1. The summed E-state index contributed by atoms with van der Waals surface area (Å²) in [5.41, 5.74) is 1.17. The number of nitrogens with zero attached hydrogens (tertiary/aromatic N) is 5. The van der Waals surface area contributed by atoms with Gasteiger partial charge in [-0.3, -0.25) is 4.79 Å². The van der Waals surface area contributed by atoms with Gasteiger partial charge in [0, 0.05) is 18.8 Å². The zero-order chi connectivity index (χ0) is 14.7. The first-order valence-corrected chi connectivity index (χ1v) is 6.61. The van der Waals surface area contributed by atoms with Gasteiger partial charge in [0.25, 0.3) is 5.91 Å². The monoisotopic (exact) mass is 276 g/mol. The van der Waals surface area contributed by atoms with Crippen LogP contribution in [0.4, 0.5) is 0 Å². The Bertz CT molecular complexity index is 583. The highest BCUT2D eigenvalue weighted by Gasteiger charge is 2.17. The number of pyridine rings is 1. The Kier molecular flexibility index (Phi) is 4.29. The number of likely N-dealkylation sites (N-methyl/N-ethyl adjacent to an activating group) is 1. The van der Waals surface area contributed by atoms with Gasteiger partial charge in [-0.1, -0.05) is 13.8 Å². The number of nitrogens with one attached hydrogen (secondary N) is 1. The van der Waals surface area contributed by atoms with Crippen LogP contribution in [0.1, 0.15) is 24.2 Å². The first-order valence-electron chi connectivity index (χ1n) is 6.61. The molecule has 1 amide bonds. The third kappa shape index (κ3) is 3.11. The number of rotatable bonds is 5. The normalized spacial score (nSPS) is 13.1. The van der Waals surface area contributed by atoms with Crippen molar-refractivity contribution in [3.05, 3.63) is 23.9 Å². The topological polar surface area (TPSA) is 75.4 Å². The van der Waals surface area contributed by atoms with Crippen LogP contribution < -0.4 is 5.32 Å². The molecule has 0 fully saturated rings. The van der Waals surface area contributed by atoms with E-state index in [1.165, 1.54) is 4.52 Å². The molecule has 20 heavy (non-hydrogen) atoms. The summed E-state index contributed by atoms with van der Waals surface area (Å²) in [5.74, 6) is 0.349. The fourth-order valence-electron chi connectivity index (χ4n) is 2.19. The second kappa shape index (κ2) is 5.96. The van der Waals surface area contributed by atoms with Crippen molar-refractivity contribution in [2.75, 3.05) is 20.6 Å². The van der Waals surface area contributed by atoms with Crippen LogP contribution in [-0.4, -0.2) is 57.5 Å². The number of aromatic nitrogens is 4. The Hall–Kier alpha value is -2.02. The number of hydrogen-bond donors (Lipinski definition) is 1. The quantitative estimate of drug-likeness (QED) is 0.857. The van der Waals surface area contributed by atoms with Crippen molar-refractivity contribution >= 4 is 11.6 Å². The van der Waals surface area contributed by atoms with Crippen LogP contribution in [-0.2, 0) is 0 Å². The van der Waals surface area contributed by atoms with Crippen LogP contribution in [0.25, 0.3) is 5.65 Å². The standard InChI is InChI=1S/C13H20N6O/c1-9(2)11(18(3)4)7-14-13(20)10-5-6-12-15-16-17-19(12)8-10/h5-6,8-9,11H,7H2,1-4H3,(H,14,20)/t11-/m1/s1. The van der Waals surface area contributed by atoms with Gasteiger partial charge in [-0.15, -0.1) is 5.10 Å². The molecule has 2 aromatic rings. The van der Waals surface area contributed by atoms with E-state index in [1.54, 1.807) is 18.3 Å². The van der Waals surface area contributed by atoms with E-state index in [0.29, 0.717) is 29.7 Å². The van der Waals surface area contributed by atoms with E-state index in [1.807, 2.05) is 14.1 Å². The maximum absolute atomic E-state index is 12.1. The third-order valence-corrected chi connectivity index (χ3v) is 3.36. The number of hydrogen-bond acceptors (Lipinski definition) is 5. The van der Waals surface area contributed by atoms with Crippen molar-refractivity contribution in [2.24, 2.45) is 5.92 Å². The predicted molar refractivity (Wildman–Crippen MR) is 75.4 cm³/mol. The zero-order valence-electron chi connectivity index (χ0n) is 12.2. The molecule has 7 heteroatoms. The van der Waals surface area contributed by atoms with Crippen molar-refractivity contribution in [3.63, 3.8) is 0 Å². The van der Waals surface area contributed by atoms with E-state index < -0.39 is 0 Å². The Morgan fingerprint density at radius 2 is 2.15 bits per heavy atom. The summed E-state index contributed by atoms with van der Waals surface area (Å²) in [5, 5.41) is 14.1. The van der Waals surface area contributed by atoms with Gasteiger partial charge < -0.3 is 10.2 Å². The molecule has 0 saturated carbocycles. The molecule has 2 rings (SSSR count). The van der Waals surface area contributed by atoms with Crippen LogP contribution in [0.5, 0.6) is 0 Å². The summed E-state index contributed by atoms with van der Waals surface area (Å²) < 4.78 is 1.49. The van der Waals surface area contributed by atoms with E-state index in [-0.39, 0.29) is 5.91 Å². The highest BCUT2D eigenvalue weighted by Crippen LogP contribution is 2.07. The molecule has 1 atom stereocenters. The molecule has 7 nitrogen and oxygen atoms in total. The minimum Gasteiger partial charge on any atom is -0.350 e. The molecular formula is C13H20N6O. The Balaban J connectivity index is 2.04. The molecular weight excluding hydrogens is 256 g/mol. The lowest BCUT2D eigenvalue weighted by Gasteiger charge is -2.28. The van der Waals surface area contributed by atoms with E-state index in [2.05, 4.69) is 39.6 Å². The molecule has 2 aromatic heterocycles. The smallest absolute Gasteiger partial charge is 0.252 e. The average Bonchev–Trinajstić information content (AvgIpc) is 2.84. The van der Waals surface area contributed by atoms with Crippen molar-refractivity contribution in [3.8, 4) is 0 Å². The van der Waals surface area contributed by atoms with Gasteiger partial charge in [-0.2, -0.15) is 4.52 Å². The van der Waals surface area contributed by atoms with Gasteiger partial charge >= 0.3 is 0 Å². The molecule has 1 N–H and O–H groups in total. The van der Waals surface area contributed by atoms with Crippen LogP contribution >= 0.6 is 0 Å². The van der Waals surface area contributed by atoms with Crippen molar-refractivity contribution in [1.29, 1.82) is 0 Å². The number of carbonyl (C=O) groups excluding carboxylic acids is 1. The van der Waals surface area contributed by atoms with Crippen molar-refractivity contribution in [1.82, 2.24) is 30.3 Å². The highest BCUT2D eigenvalue weighted by atomic mass is 16.1. The molecule has 2 heterocycles. The Morgan fingerprint density at radius 3 is 2.80 bits per heavy atom. The Labute approximate surface area is 118 Å². The van der Waals surface area contributed by atoms with Gasteiger partial charge in [0.05, 0.1) is 5.56 Å². The summed E-state index contributed by atoms with van der Waals surface area (Å²) in [6.45, 7) is 4.89. The van der Waals surface area contributed by atoms with Gasteiger partial charge in [0.1, 0.15) is 0 Å². The first kappa shape index (κ1) is 14.4. The number of amides is 1. The average molecular weight is 276 g/mol.